The first-order valence-electron chi connectivity index (χ1n) is 8.60. The SMILES string of the molecule is CC(CNCc1ccccc1)=C(c1cccc(F)c1)c1cccc(F)c1.Cl. The summed E-state index contributed by atoms with van der Waals surface area (Å²) < 4.78 is 27.5. The minimum atomic E-state index is -0.304. The van der Waals surface area contributed by atoms with Gasteiger partial charge in [-0.15, -0.1) is 12.4 Å². The van der Waals surface area contributed by atoms with Gasteiger partial charge in [-0.2, -0.15) is 0 Å². The van der Waals surface area contributed by atoms with Crippen molar-refractivity contribution in [1.29, 1.82) is 0 Å². The topological polar surface area (TPSA) is 12.0 Å². The third-order valence-corrected chi connectivity index (χ3v) is 4.22. The van der Waals surface area contributed by atoms with Crippen LogP contribution in [-0.2, 0) is 6.54 Å². The lowest BCUT2D eigenvalue weighted by atomic mass is 9.93. The third-order valence-electron chi connectivity index (χ3n) is 4.22. The Labute approximate surface area is 165 Å². The van der Waals surface area contributed by atoms with E-state index in [1.54, 1.807) is 12.1 Å². The molecule has 0 saturated carbocycles. The van der Waals surface area contributed by atoms with Crippen LogP contribution in [0.5, 0.6) is 0 Å². The first-order valence-corrected chi connectivity index (χ1v) is 8.60. The zero-order valence-corrected chi connectivity index (χ0v) is 15.9. The summed E-state index contributed by atoms with van der Waals surface area (Å²) in [5.74, 6) is -0.608. The summed E-state index contributed by atoms with van der Waals surface area (Å²) in [6.07, 6.45) is 0. The van der Waals surface area contributed by atoms with Crippen LogP contribution in [0.25, 0.3) is 5.57 Å². The first-order chi connectivity index (χ1) is 12.6. The highest BCUT2D eigenvalue weighted by atomic mass is 35.5. The molecular formula is C23H22ClF2N. The summed E-state index contributed by atoms with van der Waals surface area (Å²) >= 11 is 0. The molecule has 1 nitrogen and oxygen atoms in total. The molecule has 3 rings (SSSR count). The predicted octanol–water partition coefficient (Wildman–Crippen LogP) is 6.00. The summed E-state index contributed by atoms with van der Waals surface area (Å²) in [6.45, 7) is 3.35. The molecule has 0 amide bonds. The van der Waals surface area contributed by atoms with E-state index in [1.165, 1.54) is 29.8 Å². The Balaban J connectivity index is 0.00000261. The second kappa shape index (κ2) is 10.0. The Hall–Kier alpha value is -2.49. The van der Waals surface area contributed by atoms with Gasteiger partial charge in [0, 0.05) is 13.1 Å². The van der Waals surface area contributed by atoms with Crippen molar-refractivity contribution < 1.29 is 8.78 Å². The average molecular weight is 386 g/mol. The fourth-order valence-electron chi connectivity index (χ4n) is 3.03. The van der Waals surface area contributed by atoms with E-state index < -0.39 is 0 Å². The molecule has 0 aliphatic heterocycles. The van der Waals surface area contributed by atoms with E-state index in [-0.39, 0.29) is 24.0 Å². The molecule has 0 saturated heterocycles. The van der Waals surface area contributed by atoms with E-state index in [9.17, 15) is 8.78 Å². The van der Waals surface area contributed by atoms with Gasteiger partial charge in [-0.1, -0.05) is 60.2 Å². The van der Waals surface area contributed by atoms with Crippen molar-refractivity contribution in [3.05, 3.63) is 113 Å². The summed E-state index contributed by atoms with van der Waals surface area (Å²) in [7, 11) is 0. The minimum Gasteiger partial charge on any atom is -0.309 e. The molecule has 0 unspecified atom stereocenters. The molecule has 140 valence electrons. The van der Waals surface area contributed by atoms with Crippen molar-refractivity contribution in [3.63, 3.8) is 0 Å². The maximum Gasteiger partial charge on any atom is 0.123 e. The Bertz CT molecular complexity index is 860. The van der Waals surface area contributed by atoms with Crippen molar-refractivity contribution in [3.8, 4) is 0 Å². The molecule has 3 aromatic rings. The van der Waals surface area contributed by atoms with E-state index in [4.69, 9.17) is 0 Å². The number of hydrogen-bond acceptors (Lipinski definition) is 1. The highest BCUT2D eigenvalue weighted by Crippen LogP contribution is 2.27. The van der Waals surface area contributed by atoms with Crippen LogP contribution >= 0.6 is 12.4 Å². The smallest absolute Gasteiger partial charge is 0.123 e. The van der Waals surface area contributed by atoms with E-state index in [0.717, 1.165) is 28.8 Å². The van der Waals surface area contributed by atoms with E-state index >= 15 is 0 Å². The summed E-state index contributed by atoms with van der Waals surface area (Å²) in [4.78, 5) is 0. The standard InChI is InChI=1S/C23H21F2N.ClH/c1-17(15-26-16-18-7-3-2-4-8-18)23(19-9-5-11-21(24)13-19)20-10-6-12-22(25)14-20;/h2-14,26H,15-16H2,1H3;1H. The molecule has 0 aromatic heterocycles. The zero-order chi connectivity index (χ0) is 18.4. The van der Waals surface area contributed by atoms with Crippen molar-refractivity contribution >= 4 is 18.0 Å². The van der Waals surface area contributed by atoms with E-state index in [2.05, 4.69) is 17.4 Å². The van der Waals surface area contributed by atoms with Crippen molar-refractivity contribution in [1.82, 2.24) is 5.32 Å². The molecule has 0 bridgehead atoms. The molecule has 0 heterocycles. The van der Waals surface area contributed by atoms with Crippen LogP contribution in [0.4, 0.5) is 8.78 Å². The van der Waals surface area contributed by atoms with Gasteiger partial charge in [0.2, 0.25) is 0 Å². The molecule has 0 atom stereocenters. The molecule has 27 heavy (non-hydrogen) atoms. The maximum absolute atomic E-state index is 13.7. The van der Waals surface area contributed by atoms with Crippen LogP contribution < -0.4 is 5.32 Å². The molecule has 0 radical (unpaired) electrons. The van der Waals surface area contributed by atoms with Crippen molar-refractivity contribution in [2.24, 2.45) is 0 Å². The van der Waals surface area contributed by atoms with Crippen LogP contribution in [0.2, 0.25) is 0 Å². The second-order valence-electron chi connectivity index (χ2n) is 6.27. The highest BCUT2D eigenvalue weighted by Gasteiger charge is 2.11. The lowest BCUT2D eigenvalue weighted by molar-refractivity contribution is 0.627. The summed E-state index contributed by atoms with van der Waals surface area (Å²) in [6, 6.07) is 23.0. The average Bonchev–Trinajstić information content (AvgIpc) is 2.63. The first kappa shape index (κ1) is 20.8. The van der Waals surface area contributed by atoms with Crippen LogP contribution in [0.15, 0.2) is 84.4 Å². The number of hydrogen-bond donors (Lipinski definition) is 1. The maximum atomic E-state index is 13.7. The molecule has 0 aliphatic carbocycles. The second-order valence-corrected chi connectivity index (χ2v) is 6.27. The van der Waals surface area contributed by atoms with Crippen LogP contribution in [0.3, 0.4) is 0 Å². The molecule has 0 aliphatic rings. The highest BCUT2D eigenvalue weighted by molar-refractivity contribution is 5.85. The summed E-state index contributed by atoms with van der Waals surface area (Å²) in [5.41, 5.74) is 4.56. The van der Waals surface area contributed by atoms with Gasteiger partial charge in [-0.25, -0.2) is 8.78 Å². The Kier molecular flexibility index (Phi) is 7.71. The lowest BCUT2D eigenvalue weighted by Gasteiger charge is -2.15. The Morgan fingerprint density at radius 2 is 1.33 bits per heavy atom. The Morgan fingerprint density at radius 3 is 1.85 bits per heavy atom. The minimum absolute atomic E-state index is 0. The van der Waals surface area contributed by atoms with E-state index in [0.29, 0.717) is 6.54 Å². The molecule has 0 fully saturated rings. The van der Waals surface area contributed by atoms with Gasteiger partial charge in [0.1, 0.15) is 11.6 Å². The molecular weight excluding hydrogens is 364 g/mol. The van der Waals surface area contributed by atoms with Crippen LogP contribution in [-0.4, -0.2) is 6.54 Å². The van der Waals surface area contributed by atoms with Crippen molar-refractivity contribution in [2.75, 3.05) is 6.54 Å². The van der Waals surface area contributed by atoms with Gasteiger partial charge in [-0.05, 0) is 53.5 Å². The molecule has 3 aromatic carbocycles. The number of halogens is 3. The fraction of sp³-hybridized carbons (Fsp3) is 0.130. The van der Waals surface area contributed by atoms with Gasteiger partial charge >= 0.3 is 0 Å². The number of rotatable bonds is 6. The predicted molar refractivity (Wildman–Crippen MR) is 110 cm³/mol. The van der Waals surface area contributed by atoms with E-state index in [1.807, 2.05) is 37.3 Å². The van der Waals surface area contributed by atoms with Gasteiger partial charge in [0.05, 0.1) is 0 Å². The van der Waals surface area contributed by atoms with Crippen LogP contribution in [0, 0.1) is 11.6 Å². The lowest BCUT2D eigenvalue weighted by Crippen LogP contribution is -2.16. The van der Waals surface area contributed by atoms with Gasteiger partial charge in [0.15, 0.2) is 0 Å². The van der Waals surface area contributed by atoms with Crippen molar-refractivity contribution in [2.45, 2.75) is 13.5 Å². The molecule has 1 N–H and O–H groups in total. The normalized spacial score (nSPS) is 10.2. The fourth-order valence-corrected chi connectivity index (χ4v) is 3.03. The molecule has 4 heteroatoms. The monoisotopic (exact) mass is 385 g/mol. The number of benzene rings is 3. The van der Waals surface area contributed by atoms with Gasteiger partial charge in [-0.3, -0.25) is 0 Å². The van der Waals surface area contributed by atoms with Gasteiger partial charge < -0.3 is 5.32 Å². The molecule has 0 spiro atoms. The summed E-state index contributed by atoms with van der Waals surface area (Å²) in [5, 5.41) is 3.41. The Morgan fingerprint density at radius 1 is 0.778 bits per heavy atom. The quantitative estimate of drug-likeness (QED) is 0.548. The van der Waals surface area contributed by atoms with Crippen LogP contribution in [0.1, 0.15) is 23.6 Å². The largest absolute Gasteiger partial charge is 0.309 e. The number of nitrogens with one attached hydrogen (secondary N) is 1. The third kappa shape index (κ3) is 5.75. The van der Waals surface area contributed by atoms with Gasteiger partial charge in [0.25, 0.3) is 0 Å². The zero-order valence-electron chi connectivity index (χ0n) is 15.1.